The van der Waals surface area contributed by atoms with Gasteiger partial charge in [0.15, 0.2) is 5.65 Å². The van der Waals surface area contributed by atoms with Crippen LogP contribution in [0.5, 0.6) is 0 Å². The summed E-state index contributed by atoms with van der Waals surface area (Å²) in [5.74, 6) is 0. The van der Waals surface area contributed by atoms with Gasteiger partial charge in [0.2, 0.25) is 5.43 Å². The molecule has 0 atom stereocenters. The van der Waals surface area contributed by atoms with Crippen molar-refractivity contribution in [2.75, 3.05) is 0 Å². The molecule has 0 unspecified atom stereocenters. The van der Waals surface area contributed by atoms with Crippen LogP contribution in [0.15, 0.2) is 41.3 Å². The van der Waals surface area contributed by atoms with Crippen LogP contribution in [0.2, 0.25) is 10.0 Å². The Morgan fingerprint density at radius 2 is 1.95 bits per heavy atom. The second-order valence-electron chi connectivity index (χ2n) is 4.38. The van der Waals surface area contributed by atoms with Gasteiger partial charge in [0.1, 0.15) is 10.5 Å². The minimum absolute atomic E-state index is 0.0700. The van der Waals surface area contributed by atoms with Crippen molar-refractivity contribution in [2.45, 2.75) is 0 Å². The highest BCUT2D eigenvalue weighted by Crippen LogP contribution is 2.32. The summed E-state index contributed by atoms with van der Waals surface area (Å²) < 4.78 is 1.67. The molecule has 0 saturated carbocycles. The van der Waals surface area contributed by atoms with E-state index in [4.69, 9.17) is 23.2 Å². The topological polar surface area (TPSA) is 34.4 Å². The van der Waals surface area contributed by atoms with E-state index in [2.05, 4.69) is 4.98 Å². The Morgan fingerprint density at radius 1 is 1.11 bits per heavy atom. The average molecular weight is 289 g/mol. The molecule has 0 radical (unpaired) electrons. The summed E-state index contributed by atoms with van der Waals surface area (Å²) in [5.41, 5.74) is 1.75. The molecule has 4 rings (SSSR count). The maximum atomic E-state index is 12.2. The van der Waals surface area contributed by atoms with Crippen molar-refractivity contribution in [1.82, 2.24) is 9.38 Å². The van der Waals surface area contributed by atoms with Crippen LogP contribution in [0, 0.1) is 0 Å². The van der Waals surface area contributed by atoms with E-state index in [0.717, 1.165) is 16.3 Å². The van der Waals surface area contributed by atoms with Crippen molar-refractivity contribution in [3.8, 4) is 0 Å². The lowest BCUT2D eigenvalue weighted by Crippen LogP contribution is -2.06. The third kappa shape index (κ3) is 1.34. The number of hydrogen-bond acceptors (Lipinski definition) is 2. The molecule has 3 nitrogen and oxygen atoms in total. The Bertz CT molecular complexity index is 1010. The Balaban J connectivity index is 2.49. The number of nitrogens with zero attached hydrogens (tertiary/aromatic N) is 2. The van der Waals surface area contributed by atoms with Crippen LogP contribution < -0.4 is 5.43 Å². The van der Waals surface area contributed by atoms with Crippen LogP contribution in [0.3, 0.4) is 0 Å². The van der Waals surface area contributed by atoms with Gasteiger partial charge in [0.05, 0.1) is 10.5 Å². The highest BCUT2D eigenvalue weighted by molar-refractivity contribution is 6.44. The number of aromatic nitrogens is 2. The molecule has 0 aliphatic heterocycles. The van der Waals surface area contributed by atoms with Crippen molar-refractivity contribution >= 4 is 50.7 Å². The van der Waals surface area contributed by atoms with E-state index in [-0.39, 0.29) is 5.43 Å². The maximum absolute atomic E-state index is 12.2. The SMILES string of the molecule is O=c1ccc2cccc3nc4c(Cl)c(Cl)cn4c1c23. The Labute approximate surface area is 117 Å². The van der Waals surface area contributed by atoms with E-state index in [1.807, 2.05) is 18.2 Å². The first kappa shape index (κ1) is 11.0. The normalized spacial score (nSPS) is 11.9. The van der Waals surface area contributed by atoms with E-state index in [0.29, 0.717) is 21.2 Å². The molecule has 0 N–H and O–H groups in total. The average Bonchev–Trinajstić information content (AvgIpc) is 2.69. The zero-order valence-electron chi connectivity index (χ0n) is 9.52. The summed E-state index contributed by atoms with van der Waals surface area (Å²) in [5, 5.41) is 2.57. The number of rotatable bonds is 0. The second kappa shape index (κ2) is 3.59. The van der Waals surface area contributed by atoms with E-state index in [1.165, 1.54) is 0 Å². The summed E-state index contributed by atoms with van der Waals surface area (Å²) in [6.07, 6.45) is 1.63. The molecular formula is C14H6Cl2N2O. The first-order valence-corrected chi connectivity index (χ1v) is 6.43. The fourth-order valence-electron chi connectivity index (χ4n) is 2.49. The molecule has 2 aromatic heterocycles. The molecule has 92 valence electrons. The third-order valence-electron chi connectivity index (χ3n) is 3.30. The van der Waals surface area contributed by atoms with Gasteiger partial charge in [-0.05, 0) is 17.5 Å². The van der Waals surface area contributed by atoms with Gasteiger partial charge in [-0.15, -0.1) is 0 Å². The molecule has 0 spiro atoms. The molecule has 0 saturated heterocycles. The Morgan fingerprint density at radius 3 is 2.79 bits per heavy atom. The van der Waals surface area contributed by atoms with Crippen LogP contribution in [0.25, 0.3) is 27.5 Å². The molecule has 0 fully saturated rings. The van der Waals surface area contributed by atoms with E-state index >= 15 is 0 Å². The first-order chi connectivity index (χ1) is 9.16. The van der Waals surface area contributed by atoms with Gasteiger partial charge in [-0.1, -0.05) is 41.4 Å². The highest BCUT2D eigenvalue weighted by atomic mass is 35.5. The van der Waals surface area contributed by atoms with Crippen molar-refractivity contribution in [3.63, 3.8) is 0 Å². The summed E-state index contributed by atoms with van der Waals surface area (Å²) in [6.45, 7) is 0. The lowest BCUT2D eigenvalue weighted by Gasteiger charge is -2.06. The van der Waals surface area contributed by atoms with E-state index < -0.39 is 0 Å². The molecule has 4 aromatic rings. The smallest absolute Gasteiger partial charge is 0.203 e. The van der Waals surface area contributed by atoms with Crippen LogP contribution in [0.1, 0.15) is 0 Å². The lowest BCUT2D eigenvalue weighted by molar-refractivity contribution is 1.21. The standard InChI is InChI=1S/C14H6Cl2N2O/c15-8-6-18-13-10(19)5-4-7-2-1-3-9(11(7)13)17-14(18)12(8)16/h1-6H. The largest absolute Gasteiger partial charge is 0.295 e. The highest BCUT2D eigenvalue weighted by Gasteiger charge is 2.15. The molecule has 19 heavy (non-hydrogen) atoms. The number of hydrogen-bond donors (Lipinski definition) is 0. The Kier molecular flexibility index (Phi) is 2.08. The van der Waals surface area contributed by atoms with Crippen LogP contribution in [-0.4, -0.2) is 9.38 Å². The van der Waals surface area contributed by atoms with E-state index in [9.17, 15) is 4.79 Å². The van der Waals surface area contributed by atoms with Gasteiger partial charge in [-0.3, -0.25) is 9.20 Å². The molecular weight excluding hydrogens is 283 g/mol. The van der Waals surface area contributed by atoms with Gasteiger partial charge in [0, 0.05) is 11.6 Å². The molecule has 0 bridgehead atoms. The number of fused-ring (bicyclic) bond motifs is 2. The molecule has 0 aliphatic carbocycles. The molecule has 0 aliphatic rings. The second-order valence-corrected chi connectivity index (χ2v) is 5.17. The zero-order chi connectivity index (χ0) is 13.1. The Hall–Kier alpha value is -1.84. The molecule has 2 aromatic carbocycles. The predicted molar refractivity (Wildman–Crippen MR) is 77.7 cm³/mol. The molecule has 5 heteroatoms. The first-order valence-electron chi connectivity index (χ1n) is 5.68. The van der Waals surface area contributed by atoms with E-state index in [1.54, 1.807) is 22.7 Å². The van der Waals surface area contributed by atoms with Gasteiger partial charge >= 0.3 is 0 Å². The minimum Gasteiger partial charge on any atom is -0.295 e. The van der Waals surface area contributed by atoms with Gasteiger partial charge in [-0.25, -0.2) is 4.98 Å². The zero-order valence-corrected chi connectivity index (χ0v) is 11.0. The minimum atomic E-state index is -0.0700. The quantitative estimate of drug-likeness (QED) is 0.494. The fourth-order valence-corrected chi connectivity index (χ4v) is 2.85. The van der Waals surface area contributed by atoms with Crippen LogP contribution in [-0.2, 0) is 0 Å². The predicted octanol–water partition coefficient (Wildman–Crippen LogP) is 3.75. The third-order valence-corrected chi connectivity index (χ3v) is 4.06. The molecule has 0 amide bonds. The van der Waals surface area contributed by atoms with Crippen molar-refractivity contribution in [1.29, 1.82) is 0 Å². The maximum Gasteiger partial charge on any atom is 0.203 e. The summed E-state index contributed by atoms with van der Waals surface area (Å²) in [6, 6.07) is 9.08. The van der Waals surface area contributed by atoms with Gasteiger partial charge in [-0.2, -0.15) is 0 Å². The van der Waals surface area contributed by atoms with Gasteiger partial charge < -0.3 is 0 Å². The summed E-state index contributed by atoms with van der Waals surface area (Å²) >= 11 is 12.2. The van der Waals surface area contributed by atoms with Crippen LogP contribution >= 0.6 is 23.2 Å². The van der Waals surface area contributed by atoms with Crippen LogP contribution in [0.4, 0.5) is 0 Å². The molecule has 2 heterocycles. The number of benzene rings is 2. The number of halogens is 2. The van der Waals surface area contributed by atoms with Crippen molar-refractivity contribution < 1.29 is 0 Å². The van der Waals surface area contributed by atoms with Gasteiger partial charge in [0.25, 0.3) is 0 Å². The summed E-state index contributed by atoms with van der Waals surface area (Å²) in [7, 11) is 0. The monoisotopic (exact) mass is 288 g/mol. The summed E-state index contributed by atoms with van der Waals surface area (Å²) in [4.78, 5) is 16.7. The lowest BCUT2D eigenvalue weighted by atomic mass is 10.1. The van der Waals surface area contributed by atoms with Crippen molar-refractivity contribution in [3.05, 3.63) is 56.8 Å². The fraction of sp³-hybridized carbons (Fsp3) is 0. The van der Waals surface area contributed by atoms with Crippen molar-refractivity contribution in [2.24, 2.45) is 0 Å².